The van der Waals surface area contributed by atoms with Crippen LogP contribution >= 0.6 is 0 Å². The third-order valence-corrected chi connectivity index (χ3v) is 1.76. The van der Waals surface area contributed by atoms with Crippen LogP contribution in [-0.4, -0.2) is 24.7 Å². The van der Waals surface area contributed by atoms with E-state index in [1.165, 1.54) is 0 Å². The molecular formula is C10H21N3O. The van der Waals surface area contributed by atoms with E-state index >= 15 is 0 Å². The maximum absolute atomic E-state index is 11.5. The molecular weight excluding hydrogens is 178 g/mol. The van der Waals surface area contributed by atoms with Crippen LogP contribution in [0.3, 0.4) is 0 Å². The molecule has 14 heavy (non-hydrogen) atoms. The van der Waals surface area contributed by atoms with E-state index < -0.39 is 0 Å². The van der Waals surface area contributed by atoms with E-state index in [-0.39, 0.29) is 11.9 Å². The lowest BCUT2D eigenvalue weighted by atomic mass is 10.0. The highest BCUT2D eigenvalue weighted by Gasteiger charge is 2.16. The van der Waals surface area contributed by atoms with Crippen molar-refractivity contribution in [3.8, 4) is 0 Å². The normalized spacial score (nSPS) is 12.4. The van der Waals surface area contributed by atoms with E-state index in [0.717, 1.165) is 12.1 Å². The largest absolute Gasteiger partial charge is 0.309 e. The molecule has 4 nitrogen and oxygen atoms in total. The van der Waals surface area contributed by atoms with Gasteiger partial charge in [0.2, 0.25) is 0 Å². The fourth-order valence-electron chi connectivity index (χ4n) is 1.07. The molecule has 0 bridgehead atoms. The minimum Gasteiger partial charge on any atom is -0.309 e. The maximum Gasteiger partial charge on any atom is 0.257 e. The Labute approximate surface area is 86.2 Å². The molecule has 4 heteroatoms. The van der Waals surface area contributed by atoms with Crippen LogP contribution in [0.4, 0.5) is 0 Å². The molecule has 0 aromatic heterocycles. The summed E-state index contributed by atoms with van der Waals surface area (Å²) in [5, 5.41) is 6.85. The lowest BCUT2D eigenvalue weighted by Gasteiger charge is -2.16. The Morgan fingerprint density at radius 3 is 2.29 bits per heavy atom. The van der Waals surface area contributed by atoms with Crippen molar-refractivity contribution in [3.05, 3.63) is 0 Å². The number of rotatable bonds is 5. The summed E-state index contributed by atoms with van der Waals surface area (Å²) in [6.45, 7) is 7.87. The topological polar surface area (TPSA) is 53.5 Å². The van der Waals surface area contributed by atoms with Crippen LogP contribution in [0.5, 0.6) is 0 Å². The molecule has 0 spiro atoms. The zero-order chi connectivity index (χ0) is 11.1. The summed E-state index contributed by atoms with van der Waals surface area (Å²) in [6.07, 6.45) is 0.820. The van der Waals surface area contributed by atoms with Crippen molar-refractivity contribution < 1.29 is 4.79 Å². The number of hydrazone groups is 1. The van der Waals surface area contributed by atoms with Gasteiger partial charge in [0.15, 0.2) is 0 Å². The summed E-state index contributed by atoms with van der Waals surface area (Å²) < 4.78 is 0. The van der Waals surface area contributed by atoms with Crippen molar-refractivity contribution in [2.75, 3.05) is 7.05 Å². The van der Waals surface area contributed by atoms with Gasteiger partial charge in [-0.15, -0.1) is 0 Å². The molecule has 0 heterocycles. The third kappa shape index (κ3) is 5.70. The lowest BCUT2D eigenvalue weighted by molar-refractivity contribution is -0.123. The first-order valence-corrected chi connectivity index (χ1v) is 4.95. The molecule has 0 radical (unpaired) electrons. The Kier molecular flexibility index (Phi) is 6.12. The second kappa shape index (κ2) is 6.54. The van der Waals surface area contributed by atoms with E-state index in [9.17, 15) is 4.79 Å². The smallest absolute Gasteiger partial charge is 0.257 e. The number of carbonyl (C=O) groups excluding carboxylic acids is 1. The van der Waals surface area contributed by atoms with Crippen LogP contribution in [0, 0.1) is 5.92 Å². The fourth-order valence-corrected chi connectivity index (χ4v) is 1.07. The van der Waals surface area contributed by atoms with E-state index in [2.05, 4.69) is 29.7 Å². The van der Waals surface area contributed by atoms with Gasteiger partial charge in [-0.05, 0) is 33.2 Å². The second-order valence-electron chi connectivity index (χ2n) is 4.01. The molecule has 0 saturated carbocycles. The molecule has 1 atom stereocenters. The second-order valence-corrected chi connectivity index (χ2v) is 4.01. The number of amides is 1. The molecule has 0 rings (SSSR count). The average molecular weight is 199 g/mol. The third-order valence-electron chi connectivity index (χ3n) is 1.76. The predicted octanol–water partition coefficient (Wildman–Crippen LogP) is 1.13. The minimum absolute atomic E-state index is 0.0672. The van der Waals surface area contributed by atoms with Gasteiger partial charge >= 0.3 is 0 Å². The monoisotopic (exact) mass is 199 g/mol. The van der Waals surface area contributed by atoms with Crippen LogP contribution in [0.2, 0.25) is 0 Å². The van der Waals surface area contributed by atoms with Crippen molar-refractivity contribution in [1.29, 1.82) is 0 Å². The van der Waals surface area contributed by atoms with Gasteiger partial charge < -0.3 is 5.32 Å². The molecule has 0 aromatic rings. The summed E-state index contributed by atoms with van der Waals surface area (Å²) in [5.41, 5.74) is 3.37. The molecule has 2 N–H and O–H groups in total. The van der Waals surface area contributed by atoms with E-state index in [4.69, 9.17) is 0 Å². The van der Waals surface area contributed by atoms with E-state index in [1.54, 1.807) is 7.05 Å². The van der Waals surface area contributed by atoms with Gasteiger partial charge in [-0.1, -0.05) is 13.8 Å². The first-order chi connectivity index (χ1) is 6.47. The van der Waals surface area contributed by atoms with Gasteiger partial charge in [-0.2, -0.15) is 5.10 Å². The zero-order valence-corrected chi connectivity index (χ0v) is 9.72. The summed E-state index contributed by atoms with van der Waals surface area (Å²) >= 11 is 0. The summed E-state index contributed by atoms with van der Waals surface area (Å²) in [7, 11) is 1.79. The van der Waals surface area contributed by atoms with Gasteiger partial charge in [0, 0.05) is 5.71 Å². The van der Waals surface area contributed by atoms with Gasteiger partial charge in [0.1, 0.15) is 0 Å². The molecule has 1 amide bonds. The highest BCUT2D eigenvalue weighted by molar-refractivity contribution is 5.85. The number of hydrogen-bond donors (Lipinski definition) is 2. The highest BCUT2D eigenvalue weighted by Crippen LogP contribution is 2.04. The first-order valence-electron chi connectivity index (χ1n) is 4.95. The molecule has 0 aliphatic rings. The Morgan fingerprint density at radius 1 is 1.36 bits per heavy atom. The van der Waals surface area contributed by atoms with Crippen molar-refractivity contribution >= 4 is 11.6 Å². The zero-order valence-electron chi connectivity index (χ0n) is 9.72. The van der Waals surface area contributed by atoms with Crippen LogP contribution in [-0.2, 0) is 4.79 Å². The quantitative estimate of drug-likeness (QED) is 0.515. The Hall–Kier alpha value is -0.900. The van der Waals surface area contributed by atoms with Crippen LogP contribution in [0.1, 0.15) is 34.1 Å². The maximum atomic E-state index is 11.5. The molecule has 82 valence electrons. The number of nitrogens with zero attached hydrogens (tertiary/aromatic N) is 1. The van der Waals surface area contributed by atoms with Gasteiger partial charge in [-0.25, -0.2) is 5.43 Å². The van der Waals surface area contributed by atoms with Crippen molar-refractivity contribution in [1.82, 2.24) is 10.7 Å². The van der Waals surface area contributed by atoms with Crippen molar-refractivity contribution in [3.63, 3.8) is 0 Å². The predicted molar refractivity (Wildman–Crippen MR) is 59.2 cm³/mol. The summed E-state index contributed by atoms with van der Waals surface area (Å²) in [5.74, 6) is 0.423. The Balaban J connectivity index is 4.11. The Bertz CT molecular complexity index is 207. The van der Waals surface area contributed by atoms with E-state index in [1.807, 2.05) is 13.8 Å². The van der Waals surface area contributed by atoms with Gasteiger partial charge in [0.25, 0.3) is 5.91 Å². The lowest BCUT2D eigenvalue weighted by Crippen LogP contribution is -2.41. The molecule has 0 aliphatic heterocycles. The molecule has 1 unspecified atom stereocenters. The number of likely N-dealkylation sites (N-methyl/N-ethyl adjacent to an activating group) is 1. The average Bonchev–Trinajstić information content (AvgIpc) is 2.09. The molecule has 0 aliphatic carbocycles. The molecule has 0 saturated heterocycles. The van der Waals surface area contributed by atoms with Crippen LogP contribution in [0.25, 0.3) is 0 Å². The number of nitrogens with one attached hydrogen (secondary N) is 2. The standard InChI is InChI=1S/C10H21N3O/c1-7(2)6-9(11-5)10(14)13-12-8(3)4/h7,9,11H,6H2,1-5H3,(H,13,14). The first kappa shape index (κ1) is 13.1. The van der Waals surface area contributed by atoms with Crippen LogP contribution < -0.4 is 10.7 Å². The SMILES string of the molecule is CNC(CC(C)C)C(=O)NN=C(C)C. The summed E-state index contributed by atoms with van der Waals surface area (Å²) in [6, 6.07) is -0.155. The molecule has 0 fully saturated rings. The highest BCUT2D eigenvalue weighted by atomic mass is 16.2. The van der Waals surface area contributed by atoms with E-state index in [0.29, 0.717) is 5.92 Å². The summed E-state index contributed by atoms with van der Waals surface area (Å²) in [4.78, 5) is 11.5. The van der Waals surface area contributed by atoms with Gasteiger partial charge in [0.05, 0.1) is 6.04 Å². The molecule has 0 aromatic carbocycles. The number of carbonyl (C=O) groups is 1. The minimum atomic E-state index is -0.155. The Morgan fingerprint density at radius 2 is 1.93 bits per heavy atom. The van der Waals surface area contributed by atoms with Gasteiger partial charge in [-0.3, -0.25) is 4.79 Å². The van der Waals surface area contributed by atoms with Crippen molar-refractivity contribution in [2.45, 2.75) is 40.2 Å². The fraction of sp³-hybridized carbons (Fsp3) is 0.800. The van der Waals surface area contributed by atoms with Crippen LogP contribution in [0.15, 0.2) is 5.10 Å². The van der Waals surface area contributed by atoms with Crippen molar-refractivity contribution in [2.24, 2.45) is 11.0 Å². The number of hydrogen-bond acceptors (Lipinski definition) is 3.